The van der Waals surface area contributed by atoms with Crippen molar-refractivity contribution in [3.63, 3.8) is 0 Å². The summed E-state index contributed by atoms with van der Waals surface area (Å²) < 4.78 is 17.6. The van der Waals surface area contributed by atoms with Gasteiger partial charge in [-0.25, -0.2) is 14.6 Å². The van der Waals surface area contributed by atoms with Gasteiger partial charge in [0.05, 0.1) is 0 Å². The molecule has 4 heterocycles. The molecule has 170 valence electrons. The first-order valence-corrected chi connectivity index (χ1v) is 10.6. The number of esters is 1. The number of carbonyl (C=O) groups is 2. The highest BCUT2D eigenvalue weighted by Gasteiger charge is 2.69. The van der Waals surface area contributed by atoms with Crippen LogP contribution in [0.1, 0.15) is 46.5 Å². The van der Waals surface area contributed by atoms with Gasteiger partial charge in [-0.1, -0.05) is 13.8 Å². The van der Waals surface area contributed by atoms with Crippen molar-refractivity contribution in [2.75, 3.05) is 7.05 Å². The molecule has 0 unspecified atom stereocenters. The normalized spacial score (nSPS) is 46.9. The molecule has 30 heavy (non-hydrogen) atoms. The Labute approximate surface area is 175 Å². The molecule has 10 heteroatoms. The van der Waals surface area contributed by atoms with Crippen LogP contribution in [0.15, 0.2) is 0 Å². The fraction of sp³-hybridized carbons (Fsp3) is 0.900. The zero-order valence-corrected chi connectivity index (χ0v) is 17.7. The number of ether oxygens (including phenoxy) is 3. The standard InChI is InChI=1S/C20H31NO9/c1-9-5-6-12-10(2)17(26-16(25)14(23)13(22)15(24)21-4)27-18-20(12)11(9)7-8-19(3,28-18)29-30-20/h9-14,17-18,22-23H,5-8H2,1-4H3,(H,21,24)/t9-,10-,11+,12+,13-,14-,17+,18-,19-,20-/m1/s1. The Kier molecular flexibility index (Phi) is 5.61. The maximum absolute atomic E-state index is 12.4. The second-order valence-corrected chi connectivity index (χ2v) is 9.21. The smallest absolute Gasteiger partial charge is 0.340 e. The molecule has 5 rings (SSSR count). The van der Waals surface area contributed by atoms with Crippen molar-refractivity contribution in [3.05, 3.63) is 0 Å². The third kappa shape index (κ3) is 3.25. The van der Waals surface area contributed by atoms with Gasteiger partial charge in [-0.3, -0.25) is 4.79 Å². The van der Waals surface area contributed by atoms with Gasteiger partial charge in [0, 0.05) is 25.3 Å². The van der Waals surface area contributed by atoms with E-state index in [4.69, 9.17) is 24.0 Å². The lowest BCUT2D eigenvalue weighted by molar-refractivity contribution is -0.576. The van der Waals surface area contributed by atoms with Gasteiger partial charge >= 0.3 is 5.97 Å². The van der Waals surface area contributed by atoms with E-state index in [2.05, 4.69) is 12.2 Å². The SMILES string of the molecule is CNC(=O)[C@H](O)[C@@H](O)C(=O)O[C@H]1O[C@@H]2O[C@@]3(C)CC[C@H]4[C@H](C)CC[C@@H]([C@H]1C)[C@@]24OO3. The van der Waals surface area contributed by atoms with Crippen LogP contribution in [0.3, 0.4) is 0 Å². The van der Waals surface area contributed by atoms with Gasteiger partial charge in [-0.15, -0.1) is 0 Å². The Balaban J connectivity index is 1.57. The first-order valence-electron chi connectivity index (χ1n) is 10.6. The molecule has 0 aromatic rings. The minimum atomic E-state index is -2.03. The number of likely N-dealkylation sites (N-methyl/N-ethyl adjacent to an activating group) is 1. The summed E-state index contributed by atoms with van der Waals surface area (Å²) >= 11 is 0. The van der Waals surface area contributed by atoms with Crippen molar-refractivity contribution in [3.8, 4) is 0 Å². The van der Waals surface area contributed by atoms with Crippen LogP contribution in [0, 0.1) is 23.7 Å². The Hall–Kier alpha value is -1.30. The van der Waals surface area contributed by atoms with Crippen LogP contribution in [0.2, 0.25) is 0 Å². The molecule has 3 N–H and O–H groups in total. The molecule has 2 bridgehead atoms. The fourth-order valence-corrected chi connectivity index (χ4v) is 5.61. The van der Waals surface area contributed by atoms with Gasteiger partial charge < -0.3 is 29.7 Å². The van der Waals surface area contributed by atoms with E-state index in [-0.39, 0.29) is 17.8 Å². The molecule has 1 spiro atoms. The van der Waals surface area contributed by atoms with Crippen molar-refractivity contribution in [1.82, 2.24) is 5.32 Å². The summed E-state index contributed by atoms with van der Waals surface area (Å²) in [5.41, 5.74) is -0.795. The van der Waals surface area contributed by atoms with Gasteiger partial charge in [0.1, 0.15) is 0 Å². The van der Waals surface area contributed by atoms with E-state index in [1.54, 1.807) is 6.92 Å². The summed E-state index contributed by atoms with van der Waals surface area (Å²) in [6.45, 7) is 5.89. The summed E-state index contributed by atoms with van der Waals surface area (Å²) in [5, 5.41) is 22.0. The minimum Gasteiger partial charge on any atom is -0.433 e. The number of aliphatic hydroxyl groups is 2. The number of rotatable bonds is 4. The summed E-state index contributed by atoms with van der Waals surface area (Å²) in [6, 6.07) is 0. The largest absolute Gasteiger partial charge is 0.433 e. The van der Waals surface area contributed by atoms with Crippen LogP contribution in [-0.4, -0.2) is 65.3 Å². The lowest BCUT2D eigenvalue weighted by Gasteiger charge is -2.59. The monoisotopic (exact) mass is 429 g/mol. The molecular weight excluding hydrogens is 398 g/mol. The van der Waals surface area contributed by atoms with Gasteiger partial charge in [-0.2, -0.15) is 0 Å². The molecule has 10 atom stereocenters. The van der Waals surface area contributed by atoms with Crippen LogP contribution in [-0.2, 0) is 33.6 Å². The second kappa shape index (κ2) is 7.68. The summed E-state index contributed by atoms with van der Waals surface area (Å²) in [7, 11) is 1.29. The van der Waals surface area contributed by atoms with E-state index in [0.29, 0.717) is 12.3 Å². The highest BCUT2D eigenvalue weighted by Crippen LogP contribution is 2.60. The molecule has 1 saturated carbocycles. The summed E-state index contributed by atoms with van der Waals surface area (Å²) in [5.74, 6) is -2.74. The van der Waals surface area contributed by atoms with Crippen LogP contribution >= 0.6 is 0 Å². The molecule has 5 aliphatic rings. The molecule has 1 aliphatic carbocycles. The quantitative estimate of drug-likeness (QED) is 0.423. The lowest BCUT2D eigenvalue weighted by Crippen LogP contribution is -2.70. The molecule has 0 radical (unpaired) electrons. The number of nitrogens with one attached hydrogen (secondary N) is 1. The van der Waals surface area contributed by atoms with E-state index >= 15 is 0 Å². The third-order valence-corrected chi connectivity index (χ3v) is 7.39. The zero-order chi connectivity index (χ0) is 21.8. The zero-order valence-electron chi connectivity index (χ0n) is 17.7. The first-order chi connectivity index (χ1) is 14.1. The highest BCUT2D eigenvalue weighted by atomic mass is 17.3. The van der Waals surface area contributed by atoms with E-state index in [0.717, 1.165) is 19.3 Å². The molecule has 5 fully saturated rings. The third-order valence-electron chi connectivity index (χ3n) is 7.39. The van der Waals surface area contributed by atoms with Crippen molar-refractivity contribution in [2.24, 2.45) is 23.7 Å². The Morgan fingerprint density at radius 1 is 1.10 bits per heavy atom. The van der Waals surface area contributed by atoms with Crippen molar-refractivity contribution in [1.29, 1.82) is 0 Å². The van der Waals surface area contributed by atoms with Crippen molar-refractivity contribution in [2.45, 2.75) is 82.6 Å². The number of hydrogen-bond acceptors (Lipinski definition) is 9. The summed E-state index contributed by atoms with van der Waals surface area (Å²) in [4.78, 5) is 35.7. The van der Waals surface area contributed by atoms with Crippen LogP contribution < -0.4 is 5.32 Å². The predicted molar refractivity (Wildman–Crippen MR) is 99.0 cm³/mol. The molecule has 10 nitrogen and oxygen atoms in total. The number of fused-ring (bicyclic) bond motifs is 2. The Morgan fingerprint density at radius 3 is 2.53 bits per heavy atom. The van der Waals surface area contributed by atoms with E-state index in [1.165, 1.54) is 7.05 Å². The van der Waals surface area contributed by atoms with Gasteiger partial charge in [0.15, 0.2) is 24.1 Å². The first kappa shape index (κ1) is 21.9. The molecule has 4 saturated heterocycles. The maximum atomic E-state index is 12.4. The van der Waals surface area contributed by atoms with E-state index in [1.807, 2.05) is 6.92 Å². The Bertz CT molecular complexity index is 704. The number of hydrogen-bond donors (Lipinski definition) is 3. The van der Waals surface area contributed by atoms with Crippen LogP contribution in [0.4, 0.5) is 0 Å². The summed E-state index contributed by atoms with van der Waals surface area (Å²) in [6.07, 6.45) is -2.44. The van der Waals surface area contributed by atoms with Gasteiger partial charge in [-0.05, 0) is 38.0 Å². The van der Waals surface area contributed by atoms with Gasteiger partial charge in [0.2, 0.25) is 12.1 Å². The molecule has 1 amide bonds. The van der Waals surface area contributed by atoms with Crippen molar-refractivity contribution >= 4 is 11.9 Å². The lowest BCUT2D eigenvalue weighted by atomic mass is 9.58. The van der Waals surface area contributed by atoms with E-state index < -0.39 is 48.1 Å². The topological polar surface area (TPSA) is 133 Å². The van der Waals surface area contributed by atoms with Crippen LogP contribution in [0.25, 0.3) is 0 Å². The highest BCUT2D eigenvalue weighted by molar-refractivity contribution is 5.88. The molecule has 0 aromatic heterocycles. The Morgan fingerprint density at radius 2 is 1.83 bits per heavy atom. The predicted octanol–water partition coefficient (Wildman–Crippen LogP) is 0.205. The average Bonchev–Trinajstić information content (AvgIpc) is 2.96. The number of aliphatic hydroxyl groups excluding tert-OH is 2. The molecular formula is C20H31NO9. The number of carbonyl (C=O) groups excluding carboxylic acids is 2. The van der Waals surface area contributed by atoms with Crippen LogP contribution in [0.5, 0.6) is 0 Å². The molecule has 4 aliphatic heterocycles. The fourth-order valence-electron chi connectivity index (χ4n) is 5.61. The van der Waals surface area contributed by atoms with Gasteiger partial charge in [0.25, 0.3) is 5.91 Å². The second-order valence-electron chi connectivity index (χ2n) is 9.21. The number of amides is 1. The maximum Gasteiger partial charge on any atom is 0.340 e. The molecule has 0 aromatic carbocycles. The minimum absolute atomic E-state index is 0.0566. The average molecular weight is 429 g/mol. The van der Waals surface area contributed by atoms with Crippen molar-refractivity contribution < 1.29 is 43.8 Å². The van der Waals surface area contributed by atoms with E-state index in [9.17, 15) is 19.8 Å².